The summed E-state index contributed by atoms with van der Waals surface area (Å²) in [5.74, 6) is -0.0157. The Morgan fingerprint density at radius 1 is 1.33 bits per heavy atom. The van der Waals surface area contributed by atoms with Crippen LogP contribution in [0.15, 0.2) is 30.3 Å². The zero-order valence-corrected chi connectivity index (χ0v) is 9.29. The van der Waals surface area contributed by atoms with Gasteiger partial charge >= 0.3 is 0 Å². The van der Waals surface area contributed by atoms with Gasteiger partial charge in [-0.25, -0.2) is 8.42 Å². The van der Waals surface area contributed by atoms with Crippen LogP contribution in [-0.4, -0.2) is 13.0 Å². The van der Waals surface area contributed by atoms with Crippen LogP contribution < -0.4 is 0 Å². The molecule has 2 rings (SSSR count). The van der Waals surface area contributed by atoms with E-state index in [1.807, 2.05) is 41.9 Å². The van der Waals surface area contributed by atoms with Crippen LogP contribution in [0.3, 0.4) is 0 Å². The van der Waals surface area contributed by atoms with Crippen LogP contribution in [0.5, 0.6) is 0 Å². The van der Waals surface area contributed by atoms with E-state index in [9.17, 15) is 8.42 Å². The molecule has 79 valence electrons. The number of aryl methyl sites for hydroxylation is 1. The third-order valence-corrected chi connectivity index (χ3v) is 3.15. The number of benzene rings is 1. The zero-order valence-electron chi connectivity index (χ0n) is 8.47. The van der Waals surface area contributed by atoms with Gasteiger partial charge in [0.25, 0.3) is 0 Å². The Balaban J connectivity index is 2.58. The molecule has 0 fully saturated rings. The first-order valence-electron chi connectivity index (χ1n) is 4.56. The number of hydrogen-bond acceptors (Lipinski definition) is 2. The average molecular weight is 222 g/mol. The first-order chi connectivity index (χ1) is 6.97. The molecule has 0 aliphatic rings. The first kappa shape index (κ1) is 10.2. The minimum atomic E-state index is -3.22. The second-order valence-corrected chi connectivity index (χ2v) is 5.42. The van der Waals surface area contributed by atoms with Gasteiger partial charge in [0.15, 0.2) is 9.84 Å². The normalized spacial score (nSPS) is 12.1. The number of para-hydroxylation sites is 1. The number of hydrogen-bond donors (Lipinski definition) is 0. The smallest absolute Gasteiger partial charge is 0.156 e. The highest BCUT2D eigenvalue weighted by molar-refractivity contribution is 7.91. The summed E-state index contributed by atoms with van der Waals surface area (Å²) >= 11 is 0. The summed E-state index contributed by atoms with van der Waals surface area (Å²) in [6.07, 6.45) is 3.14. The van der Waals surface area contributed by atoms with Crippen molar-refractivity contribution in [3.8, 4) is 0 Å². The molecule has 3 nitrogen and oxygen atoms in total. The fourth-order valence-corrected chi connectivity index (χ4v) is 2.44. The molecule has 2 aromatic rings. The van der Waals surface area contributed by atoms with Crippen molar-refractivity contribution in [2.75, 3.05) is 0 Å². The monoisotopic (exact) mass is 222 g/mol. The van der Waals surface area contributed by atoms with E-state index in [1.54, 1.807) is 0 Å². The Kier molecular flexibility index (Phi) is 2.31. The molecule has 1 aromatic heterocycles. The Bertz CT molecular complexity index is 596. The number of fused-ring (bicyclic) bond motifs is 1. The molecule has 0 spiro atoms. The molecular weight excluding hydrogens is 210 g/mol. The topological polar surface area (TPSA) is 39.1 Å². The third kappa shape index (κ3) is 2.04. The molecule has 0 N–H and O–H groups in total. The van der Waals surface area contributed by atoms with Gasteiger partial charge < -0.3 is 4.57 Å². The lowest BCUT2D eigenvalue weighted by Gasteiger charge is -2.01. The Morgan fingerprint density at radius 3 is 2.60 bits per heavy atom. The molecule has 0 bridgehead atoms. The lowest BCUT2D eigenvalue weighted by atomic mass is 10.2. The molecule has 0 saturated heterocycles. The predicted molar refractivity (Wildman–Crippen MR) is 60.9 cm³/mol. The van der Waals surface area contributed by atoms with Crippen molar-refractivity contribution in [2.45, 2.75) is 5.75 Å². The molecule has 0 unspecified atom stereocenters. The van der Waals surface area contributed by atoms with E-state index in [-0.39, 0.29) is 5.75 Å². The van der Waals surface area contributed by atoms with Gasteiger partial charge in [-0.05, 0) is 17.5 Å². The van der Waals surface area contributed by atoms with E-state index in [1.165, 1.54) is 0 Å². The summed E-state index contributed by atoms with van der Waals surface area (Å²) in [6, 6.07) is 9.69. The second-order valence-electron chi connectivity index (χ2n) is 3.64. The highest BCUT2D eigenvalue weighted by Crippen LogP contribution is 2.19. The molecule has 0 atom stereocenters. The van der Waals surface area contributed by atoms with Crippen LogP contribution in [-0.2, 0) is 22.6 Å². The van der Waals surface area contributed by atoms with Crippen molar-refractivity contribution in [1.29, 1.82) is 0 Å². The highest BCUT2D eigenvalue weighted by atomic mass is 32.2. The first-order valence-corrected chi connectivity index (χ1v) is 6.38. The van der Waals surface area contributed by atoms with Crippen LogP contribution in [0.1, 0.15) is 5.69 Å². The maximum Gasteiger partial charge on any atom is 0.156 e. The standard InChI is InChI=1S/C11H12NO2S/c1-12-10(8-15(2,13)14)7-9-5-3-4-6-11(9)12/h3-7H,2,8H2,1H3. The zero-order chi connectivity index (χ0) is 11.1. The molecule has 1 heterocycles. The van der Waals surface area contributed by atoms with Crippen molar-refractivity contribution < 1.29 is 8.42 Å². The van der Waals surface area contributed by atoms with Crippen molar-refractivity contribution in [3.05, 3.63) is 42.3 Å². The summed E-state index contributed by atoms with van der Waals surface area (Å²) in [4.78, 5) is 0. The lowest BCUT2D eigenvalue weighted by molar-refractivity contribution is 0.602. The maximum absolute atomic E-state index is 11.1. The molecule has 0 amide bonds. The third-order valence-electron chi connectivity index (χ3n) is 2.42. The fourth-order valence-electron chi connectivity index (χ4n) is 1.71. The number of rotatable bonds is 2. The molecule has 4 heteroatoms. The highest BCUT2D eigenvalue weighted by Gasteiger charge is 2.10. The molecule has 0 aliphatic heterocycles. The number of aromatic nitrogens is 1. The molecule has 0 aliphatic carbocycles. The van der Waals surface area contributed by atoms with E-state index in [0.717, 1.165) is 16.6 Å². The van der Waals surface area contributed by atoms with Crippen LogP contribution >= 0.6 is 0 Å². The van der Waals surface area contributed by atoms with Crippen molar-refractivity contribution >= 4 is 20.7 Å². The summed E-state index contributed by atoms with van der Waals surface area (Å²) in [5, 5.41) is 1.05. The van der Waals surface area contributed by atoms with Crippen LogP contribution in [0.4, 0.5) is 0 Å². The van der Waals surface area contributed by atoms with Crippen molar-refractivity contribution in [1.82, 2.24) is 4.57 Å². The summed E-state index contributed by atoms with van der Waals surface area (Å²) in [7, 11) is -1.35. The van der Waals surface area contributed by atoms with Crippen LogP contribution in [0.25, 0.3) is 10.9 Å². The van der Waals surface area contributed by atoms with Crippen molar-refractivity contribution in [2.24, 2.45) is 7.05 Å². The van der Waals surface area contributed by atoms with Crippen LogP contribution in [0.2, 0.25) is 0 Å². The minimum Gasteiger partial charge on any atom is -0.347 e. The molecule has 15 heavy (non-hydrogen) atoms. The second kappa shape index (κ2) is 3.38. The maximum atomic E-state index is 11.1. The molecular formula is C11H12NO2S. The van der Waals surface area contributed by atoms with Gasteiger partial charge in [0.05, 0.1) is 12.0 Å². The van der Waals surface area contributed by atoms with E-state index in [2.05, 4.69) is 6.26 Å². The fraction of sp³-hybridized carbons (Fsp3) is 0.182. The number of nitrogens with zero attached hydrogens (tertiary/aromatic N) is 1. The predicted octanol–water partition coefficient (Wildman–Crippen LogP) is 1.88. The van der Waals surface area contributed by atoms with E-state index < -0.39 is 9.84 Å². The van der Waals surface area contributed by atoms with Gasteiger partial charge in [-0.15, -0.1) is 0 Å². The quantitative estimate of drug-likeness (QED) is 0.778. The van der Waals surface area contributed by atoms with Gasteiger partial charge in [-0.1, -0.05) is 18.2 Å². The summed E-state index contributed by atoms with van der Waals surface area (Å²) in [6.45, 7) is 0. The Morgan fingerprint density at radius 2 is 2.00 bits per heavy atom. The Hall–Kier alpha value is -1.29. The van der Waals surface area contributed by atoms with Gasteiger partial charge in [0.1, 0.15) is 0 Å². The summed E-state index contributed by atoms with van der Waals surface area (Å²) < 4.78 is 24.1. The van der Waals surface area contributed by atoms with Gasteiger partial charge in [0.2, 0.25) is 0 Å². The lowest BCUT2D eigenvalue weighted by Crippen LogP contribution is -2.03. The SMILES string of the molecule is [CH2]S(=O)(=O)Cc1cc2ccccc2n1C. The summed E-state index contributed by atoms with van der Waals surface area (Å²) in [5.41, 5.74) is 1.81. The van der Waals surface area contributed by atoms with Crippen LogP contribution in [0, 0.1) is 6.26 Å². The molecule has 0 saturated carbocycles. The average Bonchev–Trinajstić information content (AvgIpc) is 2.42. The van der Waals surface area contributed by atoms with Gasteiger partial charge in [0, 0.05) is 18.3 Å². The molecule has 1 aromatic carbocycles. The van der Waals surface area contributed by atoms with Crippen molar-refractivity contribution in [3.63, 3.8) is 0 Å². The van der Waals surface area contributed by atoms with Gasteiger partial charge in [-0.3, -0.25) is 0 Å². The Labute approximate surface area is 89.3 Å². The molecule has 1 radical (unpaired) electrons. The largest absolute Gasteiger partial charge is 0.347 e. The van der Waals surface area contributed by atoms with E-state index in [4.69, 9.17) is 0 Å². The van der Waals surface area contributed by atoms with E-state index in [0.29, 0.717) is 0 Å². The number of sulfone groups is 1. The minimum absolute atomic E-state index is 0.0157. The van der Waals surface area contributed by atoms with E-state index >= 15 is 0 Å². The van der Waals surface area contributed by atoms with Gasteiger partial charge in [-0.2, -0.15) is 0 Å².